The zero-order chi connectivity index (χ0) is 36.7. The number of aliphatic imine (C=N–C) groups is 1. The predicted molar refractivity (Wildman–Crippen MR) is 199 cm³/mol. The van der Waals surface area contributed by atoms with Crippen molar-refractivity contribution in [3.8, 4) is 17.2 Å². The summed E-state index contributed by atoms with van der Waals surface area (Å²) in [7, 11) is -0.753. The van der Waals surface area contributed by atoms with Crippen molar-refractivity contribution < 1.29 is 37.7 Å². The number of hydrogen-bond acceptors (Lipinski definition) is 9. The van der Waals surface area contributed by atoms with E-state index in [1.165, 1.54) is 14.2 Å². The summed E-state index contributed by atoms with van der Waals surface area (Å²) in [5.74, 6) is 0.152. The van der Waals surface area contributed by atoms with Crippen molar-refractivity contribution in [2.75, 3.05) is 44.6 Å². The lowest BCUT2D eigenvalue weighted by molar-refractivity contribution is -0.120. The molecule has 4 aromatic carbocycles. The third kappa shape index (κ3) is 6.49. The molecule has 0 spiro atoms. The van der Waals surface area contributed by atoms with Crippen molar-refractivity contribution in [3.05, 3.63) is 89.5 Å². The van der Waals surface area contributed by atoms with Crippen LogP contribution in [0.1, 0.15) is 40.2 Å². The number of carbonyl (C=O) groups is 2. The Labute approximate surface area is 306 Å². The third-order valence-electron chi connectivity index (χ3n) is 9.80. The van der Waals surface area contributed by atoms with Crippen LogP contribution in [0.3, 0.4) is 0 Å². The van der Waals surface area contributed by atoms with E-state index in [0.717, 1.165) is 22.1 Å². The second kappa shape index (κ2) is 14.2. The summed E-state index contributed by atoms with van der Waals surface area (Å²) in [6, 6.07) is 18.4. The average Bonchev–Trinajstić information content (AvgIpc) is 3.48. The van der Waals surface area contributed by atoms with Crippen molar-refractivity contribution in [1.82, 2.24) is 9.62 Å². The first-order valence-electron chi connectivity index (χ1n) is 16.7. The number of amides is 2. The topological polar surface area (TPSA) is 158 Å². The first-order chi connectivity index (χ1) is 25.0. The lowest BCUT2D eigenvalue weighted by Gasteiger charge is -2.32. The number of aliphatic hydroxyl groups is 1. The van der Waals surface area contributed by atoms with Crippen LogP contribution in [0.25, 0.3) is 16.3 Å². The molecule has 2 amide bonds. The molecule has 0 fully saturated rings. The van der Waals surface area contributed by atoms with Gasteiger partial charge in [0.25, 0.3) is 5.91 Å². The van der Waals surface area contributed by atoms with Crippen molar-refractivity contribution in [2.24, 2.45) is 4.99 Å². The van der Waals surface area contributed by atoms with Crippen molar-refractivity contribution in [1.29, 1.82) is 0 Å². The standard InChI is InChI=1S/C38H37ClN4O8S/c1-40-52(48,49)27-9-7-22(8-10-27)23-11-12-42-25(13-23)19-41-31-16-35(34(50-2)15-30(31)38(42)47)51-21-26(44)14-36(46)43-20-24(18-39)37-29-6-4-3-5-28(29)33(45)17-32(37)43/h3-11,15-17,19,24-26,40,44-45H,12-14,18,20-21H2,1-2H3/t24-,25+,26-/m1/s1. The molecule has 0 unspecified atom stereocenters. The van der Waals surface area contributed by atoms with E-state index in [0.29, 0.717) is 41.8 Å². The van der Waals surface area contributed by atoms with Gasteiger partial charge in [-0.25, -0.2) is 13.1 Å². The minimum absolute atomic E-state index is 0.0602. The molecule has 0 saturated carbocycles. The van der Waals surface area contributed by atoms with E-state index in [4.69, 9.17) is 21.1 Å². The molecular formula is C38H37ClN4O8S. The normalized spacial score (nSPS) is 18.7. The number of aliphatic hydroxyl groups excluding tert-OH is 1. The third-order valence-corrected chi connectivity index (χ3v) is 11.6. The number of sulfonamides is 1. The maximum absolute atomic E-state index is 13.8. The van der Waals surface area contributed by atoms with E-state index in [2.05, 4.69) is 9.71 Å². The Morgan fingerprint density at radius 2 is 1.85 bits per heavy atom. The highest BCUT2D eigenvalue weighted by Gasteiger charge is 2.36. The molecule has 52 heavy (non-hydrogen) atoms. The molecule has 12 nitrogen and oxygen atoms in total. The Balaban J connectivity index is 1.04. The molecule has 3 aliphatic rings. The SMILES string of the molecule is CNS(=O)(=O)c1ccc(C2=CCN3C(=O)c4cc(OC)c(OC[C@H](O)CC(=O)N5C[C@@H](CCl)c6c5cc(O)c5ccccc65)cc4N=C[C@@H]3C2)cc1. The number of nitrogens with zero attached hydrogens (tertiary/aromatic N) is 3. The number of fused-ring (bicyclic) bond motifs is 5. The van der Waals surface area contributed by atoms with Crippen LogP contribution in [0, 0.1) is 0 Å². The molecule has 0 aliphatic carbocycles. The molecule has 0 radical (unpaired) electrons. The van der Waals surface area contributed by atoms with Crippen LogP contribution >= 0.6 is 11.6 Å². The van der Waals surface area contributed by atoms with Gasteiger partial charge in [0.15, 0.2) is 11.5 Å². The molecule has 3 atom stereocenters. The number of nitrogens with one attached hydrogen (secondary N) is 1. The number of alkyl halides is 1. The van der Waals surface area contributed by atoms with Crippen LogP contribution in [0.4, 0.5) is 11.4 Å². The molecule has 3 N–H and O–H groups in total. The Bertz CT molecular complexity index is 2240. The molecule has 0 saturated heterocycles. The van der Waals surface area contributed by atoms with Crippen molar-refractivity contribution in [2.45, 2.75) is 35.8 Å². The molecular weight excluding hydrogens is 708 g/mol. The monoisotopic (exact) mass is 744 g/mol. The highest BCUT2D eigenvalue weighted by Crippen LogP contribution is 2.45. The maximum atomic E-state index is 13.8. The van der Waals surface area contributed by atoms with Gasteiger partial charge in [0.05, 0.1) is 47.5 Å². The average molecular weight is 745 g/mol. The molecule has 14 heteroatoms. The number of rotatable bonds is 10. The summed E-state index contributed by atoms with van der Waals surface area (Å²) in [6.07, 6.45) is 2.72. The number of anilines is 1. The van der Waals surface area contributed by atoms with Crippen molar-refractivity contribution in [3.63, 3.8) is 0 Å². The highest BCUT2D eigenvalue weighted by molar-refractivity contribution is 7.89. The number of ether oxygens (including phenoxy) is 2. The molecule has 270 valence electrons. The number of phenolic OH excluding ortho intramolecular Hbond substituents is 1. The van der Waals surface area contributed by atoms with Gasteiger partial charge in [-0.15, -0.1) is 11.6 Å². The second-order valence-electron chi connectivity index (χ2n) is 12.9. The van der Waals surface area contributed by atoms with E-state index in [1.807, 2.05) is 30.3 Å². The quantitative estimate of drug-likeness (QED) is 0.192. The highest BCUT2D eigenvalue weighted by atomic mass is 35.5. The number of halogens is 1. The van der Waals surface area contributed by atoms with Crippen LogP contribution in [0.15, 0.2) is 82.7 Å². The number of hydrogen-bond donors (Lipinski definition) is 3. The van der Waals surface area contributed by atoms with Crippen LogP contribution in [0.5, 0.6) is 17.2 Å². The molecule has 0 aromatic heterocycles. The Hall–Kier alpha value is -4.95. The number of carbonyl (C=O) groups excluding carboxylic acids is 2. The summed E-state index contributed by atoms with van der Waals surface area (Å²) in [5.41, 5.74) is 3.99. The van der Waals surface area contributed by atoms with Gasteiger partial charge in [0.2, 0.25) is 15.9 Å². The first kappa shape index (κ1) is 35.5. The number of phenols is 1. The molecule has 0 bridgehead atoms. The molecule has 3 aliphatic heterocycles. The summed E-state index contributed by atoms with van der Waals surface area (Å²) in [4.78, 5) is 35.3. The Morgan fingerprint density at radius 1 is 1.10 bits per heavy atom. The number of aromatic hydroxyl groups is 1. The minimum Gasteiger partial charge on any atom is -0.507 e. The maximum Gasteiger partial charge on any atom is 0.257 e. The lowest BCUT2D eigenvalue weighted by Crippen LogP contribution is -2.43. The van der Waals surface area contributed by atoms with Gasteiger partial charge < -0.3 is 29.5 Å². The molecule has 3 heterocycles. The fraction of sp³-hybridized carbons (Fsp3) is 0.289. The van der Waals surface area contributed by atoms with Gasteiger partial charge in [-0.05, 0) is 53.8 Å². The van der Waals surface area contributed by atoms with Crippen LogP contribution in [-0.2, 0) is 14.8 Å². The van der Waals surface area contributed by atoms with Crippen LogP contribution in [-0.4, -0.2) is 93.4 Å². The van der Waals surface area contributed by atoms with Gasteiger partial charge in [-0.2, -0.15) is 0 Å². The summed E-state index contributed by atoms with van der Waals surface area (Å²) >= 11 is 6.32. The van der Waals surface area contributed by atoms with Gasteiger partial charge in [-0.1, -0.05) is 42.5 Å². The largest absolute Gasteiger partial charge is 0.507 e. The lowest BCUT2D eigenvalue weighted by atomic mass is 9.94. The number of benzene rings is 4. The fourth-order valence-electron chi connectivity index (χ4n) is 7.10. The van der Waals surface area contributed by atoms with E-state index in [9.17, 15) is 28.2 Å². The zero-order valence-corrected chi connectivity index (χ0v) is 30.0. The first-order valence-corrected chi connectivity index (χ1v) is 18.8. The smallest absolute Gasteiger partial charge is 0.257 e. The van der Waals surface area contributed by atoms with Gasteiger partial charge >= 0.3 is 0 Å². The fourth-order valence-corrected chi connectivity index (χ4v) is 8.08. The predicted octanol–water partition coefficient (Wildman–Crippen LogP) is 4.98. The van der Waals surface area contributed by atoms with E-state index < -0.39 is 16.1 Å². The summed E-state index contributed by atoms with van der Waals surface area (Å²) in [5, 5.41) is 23.2. The number of methoxy groups -OCH3 is 1. The summed E-state index contributed by atoms with van der Waals surface area (Å²) in [6.45, 7) is 0.411. The molecule has 4 aromatic rings. The summed E-state index contributed by atoms with van der Waals surface area (Å²) < 4.78 is 38.1. The van der Waals surface area contributed by atoms with E-state index in [-0.39, 0.29) is 64.8 Å². The van der Waals surface area contributed by atoms with Crippen molar-refractivity contribution >= 4 is 67.4 Å². The Kier molecular flexibility index (Phi) is 9.70. The van der Waals surface area contributed by atoms with E-state index in [1.54, 1.807) is 58.5 Å². The van der Waals surface area contributed by atoms with Gasteiger partial charge in [0.1, 0.15) is 12.4 Å². The Morgan fingerprint density at radius 3 is 2.56 bits per heavy atom. The second-order valence-corrected chi connectivity index (χ2v) is 15.1. The zero-order valence-electron chi connectivity index (χ0n) is 28.5. The molecule has 7 rings (SSSR count). The minimum atomic E-state index is -3.56. The van der Waals surface area contributed by atoms with Gasteiger partial charge in [0, 0.05) is 48.6 Å². The van der Waals surface area contributed by atoms with Gasteiger partial charge in [-0.3, -0.25) is 14.6 Å². The van der Waals surface area contributed by atoms with E-state index >= 15 is 0 Å². The van der Waals surface area contributed by atoms with Crippen LogP contribution in [0.2, 0.25) is 0 Å². The van der Waals surface area contributed by atoms with Crippen LogP contribution < -0.4 is 19.1 Å².